The Hall–Kier alpha value is -1.19. The topological polar surface area (TPSA) is 47.8 Å². The van der Waals surface area contributed by atoms with Gasteiger partial charge in [-0.2, -0.15) is 0 Å². The first kappa shape index (κ1) is 5.58. The Balaban J connectivity index is 2.10. The van der Waals surface area contributed by atoms with Crippen LogP contribution in [-0.4, -0.2) is 20.8 Å². The van der Waals surface area contributed by atoms with Gasteiger partial charge in [0.05, 0.1) is 12.2 Å². The molecule has 1 aliphatic carbocycles. The summed E-state index contributed by atoms with van der Waals surface area (Å²) in [4.78, 5) is 10.5. The lowest BCUT2D eigenvalue weighted by atomic mass is 9.92. The Bertz CT molecular complexity index is 234. The zero-order valence-electron chi connectivity index (χ0n) is 5.40. The molecule has 0 unspecified atom stereocenters. The molecule has 0 bridgehead atoms. The van der Waals surface area contributed by atoms with Gasteiger partial charge in [-0.15, -0.1) is 5.10 Å². The van der Waals surface area contributed by atoms with E-state index in [2.05, 4.69) is 10.3 Å². The molecule has 1 saturated carbocycles. The summed E-state index contributed by atoms with van der Waals surface area (Å²) in [6.45, 7) is 0. The van der Waals surface area contributed by atoms with Gasteiger partial charge in [0.1, 0.15) is 5.78 Å². The minimum absolute atomic E-state index is 0.287. The van der Waals surface area contributed by atoms with Crippen molar-refractivity contribution in [1.82, 2.24) is 15.0 Å². The molecule has 10 heavy (non-hydrogen) atoms. The zero-order valence-corrected chi connectivity index (χ0v) is 5.40. The Labute approximate surface area is 57.8 Å². The van der Waals surface area contributed by atoms with E-state index in [-0.39, 0.29) is 6.04 Å². The lowest BCUT2D eigenvalue weighted by molar-refractivity contribution is -0.126. The van der Waals surface area contributed by atoms with Crippen molar-refractivity contribution in [3.05, 3.63) is 12.4 Å². The molecule has 1 fully saturated rings. The van der Waals surface area contributed by atoms with Gasteiger partial charge < -0.3 is 0 Å². The third-order valence-corrected chi connectivity index (χ3v) is 1.74. The Morgan fingerprint density at radius 2 is 2.40 bits per heavy atom. The summed E-state index contributed by atoms with van der Waals surface area (Å²) in [7, 11) is 0. The number of hydrogen-bond acceptors (Lipinski definition) is 3. The van der Waals surface area contributed by atoms with Crippen molar-refractivity contribution in [3.8, 4) is 0 Å². The monoisotopic (exact) mass is 137 g/mol. The van der Waals surface area contributed by atoms with Gasteiger partial charge in [-0.1, -0.05) is 5.21 Å². The normalized spacial score (nSPS) is 19.0. The van der Waals surface area contributed by atoms with Crippen molar-refractivity contribution in [3.63, 3.8) is 0 Å². The molecule has 0 atom stereocenters. The molecule has 1 heterocycles. The van der Waals surface area contributed by atoms with Gasteiger partial charge in [-0.3, -0.25) is 4.79 Å². The molecule has 1 aromatic rings. The average molecular weight is 137 g/mol. The van der Waals surface area contributed by atoms with Crippen LogP contribution in [-0.2, 0) is 4.79 Å². The van der Waals surface area contributed by atoms with Gasteiger partial charge in [0.2, 0.25) is 0 Å². The maximum absolute atomic E-state index is 10.5. The second kappa shape index (κ2) is 1.90. The molecular weight excluding hydrogens is 130 g/mol. The van der Waals surface area contributed by atoms with Crippen molar-refractivity contribution in [2.75, 3.05) is 0 Å². The lowest BCUT2D eigenvalue weighted by Crippen LogP contribution is -2.26. The number of aromatic nitrogens is 3. The fraction of sp³-hybridized carbons (Fsp3) is 0.500. The van der Waals surface area contributed by atoms with Crippen LogP contribution in [0.1, 0.15) is 18.9 Å². The predicted octanol–water partition coefficient (Wildman–Crippen LogP) is 0.182. The van der Waals surface area contributed by atoms with E-state index in [1.807, 2.05) is 0 Å². The molecule has 0 radical (unpaired) electrons. The van der Waals surface area contributed by atoms with Gasteiger partial charge in [0.15, 0.2) is 0 Å². The molecule has 0 aromatic carbocycles. The van der Waals surface area contributed by atoms with Crippen LogP contribution in [0.15, 0.2) is 12.4 Å². The highest BCUT2D eigenvalue weighted by atomic mass is 16.1. The van der Waals surface area contributed by atoms with Gasteiger partial charge >= 0.3 is 0 Å². The minimum Gasteiger partial charge on any atom is -0.300 e. The van der Waals surface area contributed by atoms with Crippen LogP contribution in [0.5, 0.6) is 0 Å². The van der Waals surface area contributed by atoms with E-state index in [1.165, 1.54) is 0 Å². The van der Waals surface area contributed by atoms with E-state index in [0.717, 1.165) is 0 Å². The third-order valence-electron chi connectivity index (χ3n) is 1.74. The van der Waals surface area contributed by atoms with Crippen LogP contribution in [0.3, 0.4) is 0 Å². The summed E-state index contributed by atoms with van der Waals surface area (Å²) in [5.74, 6) is 0.320. The standard InChI is InChI=1S/C6H7N3O/c10-6-3-5(4-6)9-2-1-7-8-9/h1-2,5H,3-4H2. The molecule has 2 rings (SSSR count). The predicted molar refractivity (Wildman–Crippen MR) is 33.3 cm³/mol. The van der Waals surface area contributed by atoms with Gasteiger partial charge in [0.25, 0.3) is 0 Å². The van der Waals surface area contributed by atoms with Crippen molar-refractivity contribution in [2.24, 2.45) is 0 Å². The first-order valence-electron chi connectivity index (χ1n) is 3.24. The molecule has 4 heteroatoms. The van der Waals surface area contributed by atoms with Crippen LogP contribution < -0.4 is 0 Å². The molecule has 1 aliphatic rings. The second-order valence-corrected chi connectivity index (χ2v) is 2.48. The maximum Gasteiger partial charge on any atom is 0.137 e. The molecule has 4 nitrogen and oxygen atoms in total. The number of nitrogens with zero attached hydrogens (tertiary/aromatic N) is 3. The van der Waals surface area contributed by atoms with Gasteiger partial charge in [-0.05, 0) is 0 Å². The Morgan fingerprint density at radius 1 is 1.60 bits per heavy atom. The van der Waals surface area contributed by atoms with Crippen molar-refractivity contribution in [1.29, 1.82) is 0 Å². The second-order valence-electron chi connectivity index (χ2n) is 2.48. The van der Waals surface area contributed by atoms with Crippen LogP contribution in [0.25, 0.3) is 0 Å². The summed E-state index contributed by atoms with van der Waals surface area (Å²) >= 11 is 0. The number of ketones is 1. The highest BCUT2D eigenvalue weighted by molar-refractivity contribution is 5.85. The molecule has 52 valence electrons. The number of rotatable bonds is 1. The molecule has 0 amide bonds. The molecule has 0 saturated heterocycles. The molecular formula is C6H7N3O. The molecule has 0 N–H and O–H groups in total. The maximum atomic E-state index is 10.5. The summed E-state index contributed by atoms with van der Waals surface area (Å²) in [5, 5.41) is 7.44. The van der Waals surface area contributed by atoms with Gasteiger partial charge in [0, 0.05) is 19.0 Å². The quantitative estimate of drug-likeness (QED) is 0.554. The smallest absolute Gasteiger partial charge is 0.137 e. The fourth-order valence-corrected chi connectivity index (χ4v) is 1.07. The van der Waals surface area contributed by atoms with Crippen LogP contribution in [0.4, 0.5) is 0 Å². The summed E-state index contributed by atoms with van der Waals surface area (Å²) < 4.78 is 1.74. The van der Waals surface area contributed by atoms with Crippen LogP contribution in [0, 0.1) is 0 Å². The highest BCUT2D eigenvalue weighted by Gasteiger charge is 2.28. The van der Waals surface area contributed by atoms with E-state index in [4.69, 9.17) is 0 Å². The lowest BCUT2D eigenvalue weighted by Gasteiger charge is -2.23. The van der Waals surface area contributed by atoms with Crippen molar-refractivity contribution >= 4 is 5.78 Å². The first-order valence-corrected chi connectivity index (χ1v) is 3.24. The van der Waals surface area contributed by atoms with E-state index < -0.39 is 0 Å². The fourth-order valence-electron chi connectivity index (χ4n) is 1.07. The summed E-state index contributed by atoms with van der Waals surface area (Å²) in [6, 6.07) is 0.287. The van der Waals surface area contributed by atoms with E-state index in [9.17, 15) is 4.79 Å². The van der Waals surface area contributed by atoms with E-state index in [1.54, 1.807) is 17.1 Å². The largest absolute Gasteiger partial charge is 0.300 e. The van der Waals surface area contributed by atoms with E-state index in [0.29, 0.717) is 18.6 Å². The Kier molecular flexibility index (Phi) is 1.06. The molecule has 0 spiro atoms. The van der Waals surface area contributed by atoms with Crippen molar-refractivity contribution < 1.29 is 4.79 Å². The highest BCUT2D eigenvalue weighted by Crippen LogP contribution is 2.26. The number of carbonyl (C=O) groups is 1. The molecule has 0 aliphatic heterocycles. The SMILES string of the molecule is O=C1CC(n2ccnn2)C1. The van der Waals surface area contributed by atoms with Gasteiger partial charge in [-0.25, -0.2) is 4.68 Å². The minimum atomic E-state index is 0.287. The average Bonchev–Trinajstić information content (AvgIpc) is 2.31. The summed E-state index contributed by atoms with van der Waals surface area (Å²) in [5.41, 5.74) is 0. The summed E-state index contributed by atoms with van der Waals surface area (Å²) in [6.07, 6.45) is 4.67. The number of Topliss-reactive ketones (excluding diaryl/α,β-unsaturated/α-hetero) is 1. The zero-order chi connectivity index (χ0) is 6.97. The number of hydrogen-bond donors (Lipinski definition) is 0. The Morgan fingerprint density at radius 3 is 2.90 bits per heavy atom. The third kappa shape index (κ3) is 0.725. The van der Waals surface area contributed by atoms with Crippen LogP contribution >= 0.6 is 0 Å². The molecule has 1 aromatic heterocycles. The van der Waals surface area contributed by atoms with Crippen LogP contribution in [0.2, 0.25) is 0 Å². The first-order chi connectivity index (χ1) is 4.86. The number of carbonyl (C=O) groups excluding carboxylic acids is 1. The van der Waals surface area contributed by atoms with E-state index >= 15 is 0 Å². The van der Waals surface area contributed by atoms with Crippen molar-refractivity contribution in [2.45, 2.75) is 18.9 Å².